The van der Waals surface area contributed by atoms with Gasteiger partial charge in [-0.2, -0.15) is 0 Å². The summed E-state index contributed by atoms with van der Waals surface area (Å²) in [6, 6.07) is 26.0. The molecule has 1 unspecified atom stereocenters. The topological polar surface area (TPSA) is 52.7 Å². The zero-order valence-corrected chi connectivity index (χ0v) is 19.3. The minimum atomic E-state index is -0.370. The third-order valence-corrected chi connectivity index (χ3v) is 7.33. The Hall–Kier alpha value is -3.25. The van der Waals surface area contributed by atoms with Crippen molar-refractivity contribution in [1.29, 1.82) is 0 Å². The van der Waals surface area contributed by atoms with Crippen LogP contribution in [-0.4, -0.2) is 31.4 Å². The fourth-order valence-corrected chi connectivity index (χ4v) is 5.38. The molecule has 1 atom stereocenters. The van der Waals surface area contributed by atoms with E-state index in [1.807, 2.05) is 66.7 Å². The summed E-state index contributed by atoms with van der Waals surface area (Å²) in [6.07, 6.45) is 2.69. The molecule has 0 radical (unpaired) electrons. The van der Waals surface area contributed by atoms with E-state index in [9.17, 15) is 9.59 Å². The van der Waals surface area contributed by atoms with Gasteiger partial charge in [-0.3, -0.25) is 9.59 Å². The molecule has 3 aromatic carbocycles. The zero-order chi connectivity index (χ0) is 22.6. The van der Waals surface area contributed by atoms with Crippen LogP contribution in [0.4, 0.5) is 17.1 Å². The molecule has 0 spiro atoms. The Morgan fingerprint density at radius 3 is 2.27 bits per heavy atom. The number of rotatable bonds is 6. The van der Waals surface area contributed by atoms with Crippen LogP contribution in [0.3, 0.4) is 0 Å². The highest BCUT2D eigenvalue weighted by Gasteiger charge is 2.35. The van der Waals surface area contributed by atoms with Crippen LogP contribution in [0.5, 0.6) is 0 Å². The molecule has 0 aromatic heterocycles. The maximum atomic E-state index is 13.1. The van der Waals surface area contributed by atoms with Gasteiger partial charge in [-0.05, 0) is 61.4 Å². The summed E-state index contributed by atoms with van der Waals surface area (Å²) in [7, 11) is 0. The van der Waals surface area contributed by atoms with Gasteiger partial charge in [-0.25, -0.2) is 0 Å². The monoisotopic (exact) mass is 457 g/mol. The predicted octanol–water partition coefficient (Wildman–Crippen LogP) is 5.43. The number of carbonyl (C=O) groups is 2. The van der Waals surface area contributed by atoms with Crippen molar-refractivity contribution in [2.45, 2.75) is 29.1 Å². The van der Waals surface area contributed by atoms with Crippen molar-refractivity contribution < 1.29 is 9.59 Å². The molecular weight excluding hydrogens is 430 g/mol. The maximum Gasteiger partial charge on any atom is 0.229 e. The summed E-state index contributed by atoms with van der Waals surface area (Å²) < 4.78 is 0. The van der Waals surface area contributed by atoms with Gasteiger partial charge >= 0.3 is 0 Å². The van der Waals surface area contributed by atoms with Gasteiger partial charge in [0.15, 0.2) is 0 Å². The molecule has 168 valence electrons. The zero-order valence-electron chi connectivity index (χ0n) is 18.4. The minimum Gasteiger partial charge on any atom is -0.372 e. The number of carbonyl (C=O) groups excluding carboxylic acids is 2. The SMILES string of the molecule is O=C(Nc1ccccc1Sc1ccccc1)C1CC(=O)N(c2ccc(N3CCCC3)cc2)C1. The number of para-hydroxylation sites is 1. The number of hydrogen-bond acceptors (Lipinski definition) is 4. The Kier molecular flexibility index (Phi) is 6.35. The third kappa shape index (κ3) is 4.91. The smallest absolute Gasteiger partial charge is 0.229 e. The minimum absolute atomic E-state index is 0.00369. The molecule has 33 heavy (non-hydrogen) atoms. The lowest BCUT2D eigenvalue weighted by atomic mass is 10.1. The number of nitrogens with one attached hydrogen (secondary N) is 1. The van der Waals surface area contributed by atoms with Crippen LogP contribution >= 0.6 is 11.8 Å². The van der Waals surface area contributed by atoms with Crippen LogP contribution in [0.2, 0.25) is 0 Å². The van der Waals surface area contributed by atoms with Crippen LogP contribution in [0, 0.1) is 5.92 Å². The van der Waals surface area contributed by atoms with E-state index in [2.05, 4.69) is 22.3 Å². The molecule has 3 aromatic rings. The Morgan fingerprint density at radius 1 is 0.848 bits per heavy atom. The van der Waals surface area contributed by atoms with E-state index < -0.39 is 0 Å². The molecule has 5 nitrogen and oxygen atoms in total. The molecule has 5 rings (SSSR count). The highest BCUT2D eigenvalue weighted by Crippen LogP contribution is 2.34. The highest BCUT2D eigenvalue weighted by atomic mass is 32.2. The van der Waals surface area contributed by atoms with Crippen molar-refractivity contribution in [2.24, 2.45) is 5.92 Å². The van der Waals surface area contributed by atoms with E-state index in [0.717, 1.165) is 34.3 Å². The van der Waals surface area contributed by atoms with Crippen LogP contribution < -0.4 is 15.1 Å². The highest BCUT2D eigenvalue weighted by molar-refractivity contribution is 7.99. The lowest BCUT2D eigenvalue weighted by Gasteiger charge is -2.21. The van der Waals surface area contributed by atoms with Gasteiger partial charge in [0.05, 0.1) is 11.6 Å². The van der Waals surface area contributed by atoms with Gasteiger partial charge in [-0.15, -0.1) is 0 Å². The number of hydrogen-bond donors (Lipinski definition) is 1. The van der Waals surface area contributed by atoms with Crippen molar-refractivity contribution in [3.8, 4) is 0 Å². The summed E-state index contributed by atoms with van der Waals surface area (Å²) >= 11 is 1.61. The number of anilines is 3. The molecule has 2 fully saturated rings. The van der Waals surface area contributed by atoms with Crippen molar-refractivity contribution in [1.82, 2.24) is 0 Å². The van der Waals surface area contributed by atoms with E-state index in [0.29, 0.717) is 6.54 Å². The van der Waals surface area contributed by atoms with E-state index in [1.54, 1.807) is 16.7 Å². The number of benzene rings is 3. The molecule has 2 heterocycles. The molecule has 2 aliphatic rings. The average molecular weight is 458 g/mol. The van der Waals surface area contributed by atoms with E-state index >= 15 is 0 Å². The van der Waals surface area contributed by atoms with Crippen LogP contribution in [-0.2, 0) is 9.59 Å². The number of amides is 2. The third-order valence-electron chi connectivity index (χ3n) is 6.24. The molecular formula is C27H27N3O2S. The molecule has 1 N–H and O–H groups in total. The normalized spacial score (nSPS) is 18.1. The first-order valence-electron chi connectivity index (χ1n) is 11.5. The first-order valence-corrected chi connectivity index (χ1v) is 12.3. The van der Waals surface area contributed by atoms with Crippen molar-refractivity contribution in [3.05, 3.63) is 78.9 Å². The van der Waals surface area contributed by atoms with Gasteiger partial charge in [0, 0.05) is 47.2 Å². The Balaban J connectivity index is 1.25. The van der Waals surface area contributed by atoms with Crippen LogP contribution in [0.25, 0.3) is 0 Å². The molecule has 0 aliphatic carbocycles. The second kappa shape index (κ2) is 9.71. The fourth-order valence-electron chi connectivity index (χ4n) is 4.46. The largest absolute Gasteiger partial charge is 0.372 e. The second-order valence-electron chi connectivity index (χ2n) is 8.52. The maximum absolute atomic E-state index is 13.1. The van der Waals surface area contributed by atoms with Crippen molar-refractivity contribution in [3.63, 3.8) is 0 Å². The van der Waals surface area contributed by atoms with Crippen molar-refractivity contribution >= 4 is 40.6 Å². The molecule has 2 amide bonds. The van der Waals surface area contributed by atoms with Crippen LogP contribution in [0.1, 0.15) is 19.3 Å². The summed E-state index contributed by atoms with van der Waals surface area (Å²) in [5.74, 6) is -0.484. The molecule has 2 saturated heterocycles. The van der Waals surface area contributed by atoms with E-state index in [1.165, 1.54) is 18.5 Å². The first kappa shape index (κ1) is 21.6. The Morgan fingerprint density at radius 2 is 1.52 bits per heavy atom. The summed E-state index contributed by atoms with van der Waals surface area (Å²) in [5.41, 5.74) is 2.83. The van der Waals surface area contributed by atoms with E-state index in [-0.39, 0.29) is 24.2 Å². The van der Waals surface area contributed by atoms with Gasteiger partial charge in [0.2, 0.25) is 11.8 Å². The fraction of sp³-hybridized carbons (Fsp3) is 0.259. The lowest BCUT2D eigenvalue weighted by Crippen LogP contribution is -2.28. The van der Waals surface area contributed by atoms with Crippen molar-refractivity contribution in [2.75, 3.05) is 34.8 Å². The quantitative estimate of drug-likeness (QED) is 0.536. The number of nitrogens with zero attached hydrogens (tertiary/aromatic N) is 2. The molecule has 6 heteroatoms. The summed E-state index contributed by atoms with van der Waals surface area (Å²) in [5, 5.41) is 3.07. The Bertz CT molecular complexity index is 1130. The Labute approximate surface area is 198 Å². The first-order chi connectivity index (χ1) is 16.2. The summed E-state index contributed by atoms with van der Waals surface area (Å²) in [4.78, 5) is 32.0. The second-order valence-corrected chi connectivity index (χ2v) is 9.63. The van der Waals surface area contributed by atoms with Crippen LogP contribution in [0.15, 0.2) is 88.7 Å². The summed E-state index contributed by atoms with van der Waals surface area (Å²) in [6.45, 7) is 2.59. The van der Waals surface area contributed by atoms with Gasteiger partial charge in [-0.1, -0.05) is 42.1 Å². The standard InChI is InChI=1S/C27H27N3O2S/c31-26-18-20(19-30(26)22-14-12-21(13-15-22)29-16-6-7-17-29)27(32)28-24-10-4-5-11-25(24)33-23-8-2-1-3-9-23/h1-5,8-15,20H,6-7,16-19H2,(H,28,32). The molecule has 0 bridgehead atoms. The van der Waals surface area contributed by atoms with Gasteiger partial charge in [0.25, 0.3) is 0 Å². The van der Waals surface area contributed by atoms with Gasteiger partial charge < -0.3 is 15.1 Å². The predicted molar refractivity (Wildman–Crippen MR) is 134 cm³/mol. The van der Waals surface area contributed by atoms with E-state index in [4.69, 9.17) is 0 Å². The molecule has 0 saturated carbocycles. The molecule has 2 aliphatic heterocycles. The lowest BCUT2D eigenvalue weighted by molar-refractivity contribution is -0.122. The average Bonchev–Trinajstić information content (AvgIpc) is 3.51. The van der Waals surface area contributed by atoms with Gasteiger partial charge in [0.1, 0.15) is 0 Å².